The summed E-state index contributed by atoms with van der Waals surface area (Å²) in [6.07, 6.45) is 14.5. The molecule has 0 spiro atoms. The first-order valence-corrected chi connectivity index (χ1v) is 10.3. The second-order valence-corrected chi connectivity index (χ2v) is 7.85. The predicted molar refractivity (Wildman–Crippen MR) is 97.4 cm³/mol. The highest BCUT2D eigenvalue weighted by atomic mass is 15.1. The molecule has 2 nitrogen and oxygen atoms in total. The molecule has 0 bridgehead atoms. The van der Waals surface area contributed by atoms with E-state index in [-0.39, 0.29) is 0 Å². The van der Waals surface area contributed by atoms with E-state index in [1.807, 2.05) is 0 Å². The molecule has 0 saturated carbocycles. The average molecular weight is 309 g/mol. The van der Waals surface area contributed by atoms with E-state index in [1.54, 1.807) is 0 Å². The zero-order chi connectivity index (χ0) is 15.6. The zero-order valence-corrected chi connectivity index (χ0v) is 15.4. The van der Waals surface area contributed by atoms with Gasteiger partial charge in [-0.2, -0.15) is 0 Å². The smallest absolute Gasteiger partial charge is 0.00161 e. The van der Waals surface area contributed by atoms with Gasteiger partial charge in [0.05, 0.1) is 0 Å². The van der Waals surface area contributed by atoms with Crippen molar-refractivity contribution in [3.63, 3.8) is 0 Å². The van der Waals surface area contributed by atoms with E-state index in [0.717, 1.165) is 11.8 Å². The molecule has 2 fully saturated rings. The molecule has 0 atom stereocenters. The number of unbranched alkanes of at least 4 members (excludes halogenated alkanes) is 1. The molecule has 0 aromatic heterocycles. The summed E-state index contributed by atoms with van der Waals surface area (Å²) >= 11 is 0. The maximum Gasteiger partial charge on any atom is -0.00161 e. The van der Waals surface area contributed by atoms with Gasteiger partial charge in [-0.05, 0) is 89.6 Å². The van der Waals surface area contributed by atoms with E-state index in [2.05, 4.69) is 23.6 Å². The Balaban J connectivity index is 1.46. The monoisotopic (exact) mass is 308 g/mol. The van der Waals surface area contributed by atoms with Crippen molar-refractivity contribution in [2.24, 2.45) is 11.8 Å². The molecule has 0 N–H and O–H groups in total. The van der Waals surface area contributed by atoms with Crippen molar-refractivity contribution in [3.05, 3.63) is 0 Å². The van der Waals surface area contributed by atoms with Crippen LogP contribution in [0.5, 0.6) is 0 Å². The van der Waals surface area contributed by atoms with Crippen molar-refractivity contribution in [2.75, 3.05) is 39.3 Å². The van der Waals surface area contributed by atoms with Crippen molar-refractivity contribution >= 4 is 0 Å². The van der Waals surface area contributed by atoms with Crippen LogP contribution in [-0.2, 0) is 0 Å². The first-order chi connectivity index (χ1) is 10.8. The predicted octanol–water partition coefficient (Wildman–Crippen LogP) is 4.79. The van der Waals surface area contributed by atoms with E-state index in [1.165, 1.54) is 103 Å². The van der Waals surface area contributed by atoms with Crippen LogP contribution in [0.1, 0.15) is 78.1 Å². The van der Waals surface area contributed by atoms with Crippen molar-refractivity contribution in [1.82, 2.24) is 9.80 Å². The van der Waals surface area contributed by atoms with Crippen molar-refractivity contribution < 1.29 is 0 Å². The van der Waals surface area contributed by atoms with Crippen molar-refractivity contribution in [3.8, 4) is 0 Å². The molecule has 0 unspecified atom stereocenters. The Bertz CT molecular complexity index is 235. The van der Waals surface area contributed by atoms with E-state index in [4.69, 9.17) is 0 Å². The summed E-state index contributed by atoms with van der Waals surface area (Å²) in [5.41, 5.74) is 0. The first kappa shape index (κ1) is 18.3. The third-order valence-electron chi connectivity index (χ3n) is 5.97. The van der Waals surface area contributed by atoms with Gasteiger partial charge in [0.25, 0.3) is 0 Å². The lowest BCUT2D eigenvalue weighted by Gasteiger charge is -2.32. The summed E-state index contributed by atoms with van der Waals surface area (Å²) in [6, 6.07) is 0. The van der Waals surface area contributed by atoms with Crippen LogP contribution >= 0.6 is 0 Å². The molecule has 2 rings (SSSR count). The van der Waals surface area contributed by atoms with E-state index in [9.17, 15) is 0 Å². The lowest BCUT2D eigenvalue weighted by molar-refractivity contribution is 0.169. The zero-order valence-electron chi connectivity index (χ0n) is 15.4. The summed E-state index contributed by atoms with van der Waals surface area (Å²) in [5, 5.41) is 0. The molecule has 0 radical (unpaired) electrons. The van der Waals surface area contributed by atoms with Gasteiger partial charge in [0.2, 0.25) is 0 Å². The van der Waals surface area contributed by atoms with Crippen LogP contribution < -0.4 is 0 Å². The average Bonchev–Trinajstić information content (AvgIpc) is 2.55. The molecule has 0 aromatic rings. The van der Waals surface area contributed by atoms with Crippen LogP contribution in [0.15, 0.2) is 0 Å². The van der Waals surface area contributed by atoms with Crippen molar-refractivity contribution in [1.29, 1.82) is 0 Å². The van der Waals surface area contributed by atoms with Gasteiger partial charge >= 0.3 is 0 Å². The minimum absolute atomic E-state index is 1.04. The molecule has 2 saturated heterocycles. The molecule has 22 heavy (non-hydrogen) atoms. The molecule has 2 heteroatoms. The lowest BCUT2D eigenvalue weighted by atomic mass is 9.88. The van der Waals surface area contributed by atoms with E-state index >= 15 is 0 Å². The number of nitrogens with zero attached hydrogens (tertiary/aromatic N) is 2. The van der Waals surface area contributed by atoms with E-state index in [0.29, 0.717) is 0 Å². The summed E-state index contributed by atoms with van der Waals surface area (Å²) < 4.78 is 0. The third-order valence-corrected chi connectivity index (χ3v) is 5.97. The lowest BCUT2D eigenvalue weighted by Crippen LogP contribution is -2.34. The summed E-state index contributed by atoms with van der Waals surface area (Å²) in [6.45, 7) is 12.7. The molecule has 2 aliphatic rings. The molecule has 2 heterocycles. The SMILES string of the molecule is CCCN1CCC(CCCCC2CCN(CCC)CC2)CC1. The fourth-order valence-corrected chi connectivity index (χ4v) is 4.50. The molecular formula is C20H40N2. The second-order valence-electron chi connectivity index (χ2n) is 7.85. The number of rotatable bonds is 9. The molecule has 0 aromatic carbocycles. The Morgan fingerprint density at radius 1 is 0.636 bits per heavy atom. The van der Waals surface area contributed by atoms with Crippen LogP contribution in [0.4, 0.5) is 0 Å². The number of likely N-dealkylation sites (tertiary alicyclic amines) is 2. The number of hydrogen-bond acceptors (Lipinski definition) is 2. The van der Waals surface area contributed by atoms with Crippen LogP contribution in [0.25, 0.3) is 0 Å². The highest BCUT2D eigenvalue weighted by Gasteiger charge is 2.20. The quantitative estimate of drug-likeness (QED) is 0.565. The maximum absolute atomic E-state index is 2.67. The van der Waals surface area contributed by atoms with Crippen LogP contribution in [0.2, 0.25) is 0 Å². The minimum atomic E-state index is 1.04. The van der Waals surface area contributed by atoms with Gasteiger partial charge in [0, 0.05) is 0 Å². The molecular weight excluding hydrogens is 268 g/mol. The first-order valence-electron chi connectivity index (χ1n) is 10.3. The number of piperidine rings is 2. The van der Waals surface area contributed by atoms with Crippen LogP contribution in [0.3, 0.4) is 0 Å². The Hall–Kier alpha value is -0.0800. The minimum Gasteiger partial charge on any atom is -0.303 e. The van der Waals surface area contributed by atoms with Crippen LogP contribution in [-0.4, -0.2) is 49.1 Å². The summed E-state index contributed by atoms with van der Waals surface area (Å²) in [7, 11) is 0. The van der Waals surface area contributed by atoms with Gasteiger partial charge in [-0.3, -0.25) is 0 Å². The standard InChI is InChI=1S/C20H40N2/c1-3-13-21-15-9-19(10-16-21)7-5-6-8-20-11-17-22(14-4-2)18-12-20/h19-20H,3-18H2,1-2H3. The van der Waals surface area contributed by atoms with Gasteiger partial charge in [-0.15, -0.1) is 0 Å². The fourth-order valence-electron chi connectivity index (χ4n) is 4.50. The largest absolute Gasteiger partial charge is 0.303 e. The van der Waals surface area contributed by atoms with Gasteiger partial charge in [0.1, 0.15) is 0 Å². The third kappa shape index (κ3) is 6.58. The van der Waals surface area contributed by atoms with Crippen LogP contribution in [0, 0.1) is 11.8 Å². The molecule has 2 aliphatic heterocycles. The van der Waals surface area contributed by atoms with Gasteiger partial charge < -0.3 is 9.80 Å². The molecule has 0 aliphatic carbocycles. The van der Waals surface area contributed by atoms with E-state index < -0.39 is 0 Å². The number of hydrogen-bond donors (Lipinski definition) is 0. The normalized spacial score (nSPS) is 23.2. The van der Waals surface area contributed by atoms with Crippen molar-refractivity contribution in [2.45, 2.75) is 78.1 Å². The maximum atomic E-state index is 2.67. The second kappa shape index (κ2) is 10.6. The Labute approximate surface area is 139 Å². The Morgan fingerprint density at radius 2 is 1.00 bits per heavy atom. The highest BCUT2D eigenvalue weighted by Crippen LogP contribution is 2.26. The molecule has 130 valence electrons. The summed E-state index contributed by atoms with van der Waals surface area (Å²) in [4.78, 5) is 5.33. The van der Waals surface area contributed by atoms with Gasteiger partial charge in [-0.1, -0.05) is 39.5 Å². The Morgan fingerprint density at radius 3 is 1.32 bits per heavy atom. The van der Waals surface area contributed by atoms with Gasteiger partial charge in [-0.25, -0.2) is 0 Å². The fraction of sp³-hybridized carbons (Fsp3) is 1.00. The summed E-state index contributed by atoms with van der Waals surface area (Å²) in [5.74, 6) is 2.08. The molecule has 0 amide bonds. The van der Waals surface area contributed by atoms with Gasteiger partial charge in [0.15, 0.2) is 0 Å². The highest BCUT2D eigenvalue weighted by molar-refractivity contribution is 4.74. The topological polar surface area (TPSA) is 6.48 Å². The Kier molecular flexibility index (Phi) is 8.84.